The summed E-state index contributed by atoms with van der Waals surface area (Å²) < 4.78 is 18.3. The van der Waals surface area contributed by atoms with Gasteiger partial charge in [-0.1, -0.05) is 36.4 Å². The third kappa shape index (κ3) is 3.03. The van der Waals surface area contributed by atoms with E-state index in [9.17, 15) is 4.39 Å². The second kappa shape index (κ2) is 6.54. The van der Waals surface area contributed by atoms with Crippen LogP contribution in [0.1, 0.15) is 11.1 Å². The van der Waals surface area contributed by atoms with Gasteiger partial charge in [0.1, 0.15) is 12.4 Å². The predicted molar refractivity (Wildman–Crippen MR) is 97.1 cm³/mol. The first-order valence-electron chi connectivity index (χ1n) is 8.42. The van der Waals surface area contributed by atoms with Gasteiger partial charge in [-0.2, -0.15) is 4.68 Å². The van der Waals surface area contributed by atoms with Gasteiger partial charge in [0.25, 0.3) is 0 Å². The number of halogens is 1. The Morgan fingerprint density at radius 1 is 1.12 bits per heavy atom. The van der Waals surface area contributed by atoms with E-state index in [-0.39, 0.29) is 5.82 Å². The van der Waals surface area contributed by atoms with Crippen LogP contribution < -0.4 is 4.90 Å². The number of fused-ring (bicyclic) bond motifs is 1. The third-order valence-corrected chi connectivity index (χ3v) is 5.32. The predicted octanol–water partition coefficient (Wildman–Crippen LogP) is 2.36. The highest BCUT2D eigenvalue weighted by Crippen LogP contribution is 2.20. The van der Waals surface area contributed by atoms with Crippen LogP contribution in [-0.4, -0.2) is 20.9 Å². The number of rotatable bonds is 3. The largest absolute Gasteiger partial charge is 0.312 e. The highest BCUT2D eigenvalue weighted by atomic mass is 32.1. The first kappa shape index (κ1) is 16.2. The number of quaternary nitrogens is 1. The maximum absolute atomic E-state index is 14.1. The zero-order valence-corrected chi connectivity index (χ0v) is 14.9. The molecule has 0 spiro atoms. The molecular formula is C19H20FN4S+. The van der Waals surface area contributed by atoms with Crippen LogP contribution >= 0.6 is 12.2 Å². The van der Waals surface area contributed by atoms with Gasteiger partial charge >= 0.3 is 0 Å². The summed E-state index contributed by atoms with van der Waals surface area (Å²) in [6.07, 6.45) is 1.06. The van der Waals surface area contributed by atoms with Gasteiger partial charge in [0.05, 0.1) is 12.1 Å². The van der Waals surface area contributed by atoms with E-state index in [1.165, 1.54) is 22.1 Å². The highest BCUT2D eigenvalue weighted by molar-refractivity contribution is 7.71. The summed E-state index contributed by atoms with van der Waals surface area (Å²) in [7, 11) is 1.84. The van der Waals surface area contributed by atoms with E-state index in [0.29, 0.717) is 22.8 Å². The van der Waals surface area contributed by atoms with Crippen molar-refractivity contribution in [3.8, 4) is 11.4 Å². The zero-order chi connectivity index (χ0) is 17.4. The van der Waals surface area contributed by atoms with Gasteiger partial charge in [-0.3, -0.25) is 0 Å². The number of aromatic nitrogens is 3. The second-order valence-electron chi connectivity index (χ2n) is 6.50. The van der Waals surface area contributed by atoms with E-state index in [1.807, 2.05) is 17.8 Å². The van der Waals surface area contributed by atoms with E-state index in [4.69, 9.17) is 12.2 Å². The molecule has 1 unspecified atom stereocenters. The van der Waals surface area contributed by atoms with Crippen molar-refractivity contribution in [2.75, 3.05) is 6.54 Å². The quantitative estimate of drug-likeness (QED) is 0.731. The molecule has 1 aromatic heterocycles. The fourth-order valence-corrected chi connectivity index (χ4v) is 3.65. The topological polar surface area (TPSA) is 27.2 Å². The molecule has 2 heterocycles. The number of hydrogen-bond donors (Lipinski definition) is 1. The minimum Gasteiger partial charge on any atom is -0.312 e. The maximum atomic E-state index is 14.1. The average Bonchev–Trinajstić information content (AvgIpc) is 2.90. The molecule has 4 rings (SSSR count). The molecule has 1 atom stereocenters. The van der Waals surface area contributed by atoms with Gasteiger partial charge in [0.2, 0.25) is 4.77 Å². The zero-order valence-electron chi connectivity index (χ0n) is 14.1. The van der Waals surface area contributed by atoms with E-state index < -0.39 is 0 Å². The Morgan fingerprint density at radius 3 is 2.64 bits per heavy atom. The molecule has 0 fully saturated rings. The van der Waals surface area contributed by atoms with Crippen molar-refractivity contribution in [2.24, 2.45) is 7.05 Å². The van der Waals surface area contributed by atoms with Gasteiger partial charge in [0, 0.05) is 19.0 Å². The summed E-state index contributed by atoms with van der Waals surface area (Å²) >= 11 is 5.53. The Balaban J connectivity index is 1.62. The monoisotopic (exact) mass is 355 g/mol. The summed E-state index contributed by atoms with van der Waals surface area (Å²) in [6.45, 7) is 2.70. The van der Waals surface area contributed by atoms with Gasteiger partial charge in [-0.25, -0.2) is 4.39 Å². The molecule has 0 saturated carbocycles. The van der Waals surface area contributed by atoms with Crippen LogP contribution in [0.4, 0.5) is 4.39 Å². The van der Waals surface area contributed by atoms with Crippen molar-refractivity contribution in [1.82, 2.24) is 14.3 Å². The van der Waals surface area contributed by atoms with E-state index in [2.05, 4.69) is 29.4 Å². The molecule has 1 N–H and O–H groups in total. The van der Waals surface area contributed by atoms with Gasteiger partial charge in [-0.05, 0) is 29.9 Å². The smallest absolute Gasteiger partial charge is 0.202 e. The molecule has 6 heteroatoms. The minimum absolute atomic E-state index is 0.281. The molecule has 0 saturated heterocycles. The second-order valence-corrected chi connectivity index (χ2v) is 6.86. The summed E-state index contributed by atoms with van der Waals surface area (Å²) in [5.74, 6) is 0.289. The first-order valence-corrected chi connectivity index (χ1v) is 8.83. The number of nitrogens with zero attached hydrogens (tertiary/aromatic N) is 3. The van der Waals surface area contributed by atoms with Crippen molar-refractivity contribution < 1.29 is 9.29 Å². The molecule has 3 aromatic rings. The van der Waals surface area contributed by atoms with Crippen LogP contribution in [0.15, 0.2) is 48.5 Å². The third-order valence-electron chi connectivity index (χ3n) is 4.84. The fourth-order valence-electron chi connectivity index (χ4n) is 3.46. The lowest BCUT2D eigenvalue weighted by atomic mass is 10.0. The number of nitrogens with one attached hydrogen (secondary N) is 1. The Kier molecular flexibility index (Phi) is 4.23. The summed E-state index contributed by atoms with van der Waals surface area (Å²) in [6, 6.07) is 15.3. The van der Waals surface area contributed by atoms with Gasteiger partial charge in [-0.15, -0.1) is 5.10 Å². The molecule has 4 nitrogen and oxygen atoms in total. The van der Waals surface area contributed by atoms with Crippen LogP contribution in [0.5, 0.6) is 0 Å². The average molecular weight is 355 g/mol. The molecule has 0 radical (unpaired) electrons. The van der Waals surface area contributed by atoms with Crippen LogP contribution in [0.3, 0.4) is 0 Å². The normalized spacial score (nSPS) is 16.6. The van der Waals surface area contributed by atoms with Gasteiger partial charge < -0.3 is 9.47 Å². The highest BCUT2D eigenvalue weighted by Gasteiger charge is 2.21. The van der Waals surface area contributed by atoms with E-state index >= 15 is 0 Å². The molecule has 0 bridgehead atoms. The lowest BCUT2D eigenvalue weighted by molar-refractivity contribution is -0.939. The first-order chi connectivity index (χ1) is 12.1. The van der Waals surface area contributed by atoms with Crippen molar-refractivity contribution >= 4 is 12.2 Å². The van der Waals surface area contributed by atoms with Crippen LogP contribution in [0.2, 0.25) is 0 Å². The summed E-state index contributed by atoms with van der Waals surface area (Å²) in [5.41, 5.74) is 3.30. The van der Waals surface area contributed by atoms with Crippen molar-refractivity contribution in [3.63, 3.8) is 0 Å². The molecule has 1 aliphatic heterocycles. The molecule has 1 aliphatic rings. The SMILES string of the molecule is Cn1c(-c2ccccc2F)nn(C[NH+]2CCc3ccccc3C2)c1=S. The molecular weight excluding hydrogens is 335 g/mol. The van der Waals surface area contributed by atoms with Crippen molar-refractivity contribution in [1.29, 1.82) is 0 Å². The Morgan fingerprint density at radius 2 is 1.84 bits per heavy atom. The summed E-state index contributed by atoms with van der Waals surface area (Å²) in [5, 5.41) is 4.61. The van der Waals surface area contributed by atoms with E-state index in [1.54, 1.807) is 16.7 Å². The lowest BCUT2D eigenvalue weighted by Gasteiger charge is -2.25. The number of benzene rings is 2. The summed E-state index contributed by atoms with van der Waals surface area (Å²) in [4.78, 5) is 1.41. The van der Waals surface area contributed by atoms with Crippen LogP contribution in [0, 0.1) is 10.6 Å². The lowest BCUT2D eigenvalue weighted by Crippen LogP contribution is -3.11. The van der Waals surface area contributed by atoms with Gasteiger partial charge in [0.15, 0.2) is 12.5 Å². The van der Waals surface area contributed by atoms with E-state index in [0.717, 1.165) is 19.5 Å². The molecule has 2 aromatic carbocycles. The minimum atomic E-state index is -0.281. The standard InChI is InChI=1S/C19H19FN4S/c1-22-18(16-8-4-5-9-17(16)20)21-24(19(22)25)13-23-11-10-14-6-2-3-7-15(14)12-23/h2-9H,10-13H2,1H3/p+1. The van der Waals surface area contributed by atoms with Crippen LogP contribution in [0.25, 0.3) is 11.4 Å². The molecule has 0 aliphatic carbocycles. The van der Waals surface area contributed by atoms with Crippen molar-refractivity contribution in [3.05, 3.63) is 70.2 Å². The van der Waals surface area contributed by atoms with Crippen molar-refractivity contribution in [2.45, 2.75) is 19.6 Å². The fraction of sp³-hybridized carbons (Fsp3) is 0.263. The molecule has 0 amide bonds. The number of hydrogen-bond acceptors (Lipinski definition) is 2. The Hall–Kier alpha value is -2.31. The molecule has 25 heavy (non-hydrogen) atoms. The Bertz CT molecular complexity index is 976. The molecule has 128 valence electrons. The van der Waals surface area contributed by atoms with Crippen LogP contribution in [-0.2, 0) is 26.7 Å². The maximum Gasteiger partial charge on any atom is 0.202 e. The Labute approximate surface area is 151 Å².